The number of halogens is 4. The van der Waals surface area contributed by atoms with Crippen LogP contribution in [0.2, 0.25) is 0 Å². The van der Waals surface area contributed by atoms with Crippen molar-refractivity contribution in [1.82, 2.24) is 0 Å². The second kappa shape index (κ2) is 9.89. The van der Waals surface area contributed by atoms with E-state index in [2.05, 4.69) is 11.8 Å². The summed E-state index contributed by atoms with van der Waals surface area (Å²) >= 11 is 0. The van der Waals surface area contributed by atoms with Crippen LogP contribution in [0.15, 0.2) is 66.7 Å². The van der Waals surface area contributed by atoms with E-state index in [4.69, 9.17) is 4.74 Å². The van der Waals surface area contributed by atoms with Gasteiger partial charge in [0.25, 0.3) is 0 Å². The first-order chi connectivity index (χ1) is 16.0. The van der Waals surface area contributed by atoms with Gasteiger partial charge in [-0.15, -0.1) is 0 Å². The highest BCUT2D eigenvalue weighted by molar-refractivity contribution is 5.84. The fourth-order valence-corrected chi connectivity index (χ4v) is 3.62. The van der Waals surface area contributed by atoms with Crippen LogP contribution in [0.3, 0.4) is 0 Å². The highest BCUT2D eigenvalue weighted by atomic mass is 19.2. The van der Waals surface area contributed by atoms with Crippen LogP contribution in [-0.2, 0) is 11.2 Å². The molecule has 1 nitrogen and oxygen atoms in total. The molecule has 0 amide bonds. The molecule has 0 aromatic heterocycles. The van der Waals surface area contributed by atoms with Gasteiger partial charge in [-0.25, -0.2) is 17.6 Å². The van der Waals surface area contributed by atoms with Crippen LogP contribution in [-0.4, -0.2) is 13.7 Å². The van der Waals surface area contributed by atoms with E-state index in [0.717, 1.165) is 24.5 Å². The Hall–Kier alpha value is -3.62. The van der Waals surface area contributed by atoms with Crippen LogP contribution in [0.25, 0.3) is 21.9 Å². The van der Waals surface area contributed by atoms with Gasteiger partial charge in [-0.1, -0.05) is 48.2 Å². The van der Waals surface area contributed by atoms with Gasteiger partial charge in [0.1, 0.15) is 11.6 Å². The summed E-state index contributed by atoms with van der Waals surface area (Å²) in [5.41, 5.74) is 2.33. The van der Waals surface area contributed by atoms with Gasteiger partial charge in [-0.05, 0) is 65.3 Å². The van der Waals surface area contributed by atoms with Crippen LogP contribution >= 0.6 is 0 Å². The SMILES string of the molecule is COCCCc1ccc(-c2cc(F)c(C#Cc3ccc4c(F)c(F)ccc4c3)c(F)c2)cc1. The Morgan fingerprint density at radius 3 is 2.15 bits per heavy atom. The Bertz CT molecular complexity index is 1340. The maximum Gasteiger partial charge on any atom is 0.166 e. The first-order valence-corrected chi connectivity index (χ1v) is 10.4. The van der Waals surface area contributed by atoms with Gasteiger partial charge in [0.15, 0.2) is 11.6 Å². The van der Waals surface area contributed by atoms with Crippen LogP contribution in [0.1, 0.15) is 23.1 Å². The summed E-state index contributed by atoms with van der Waals surface area (Å²) in [6.45, 7) is 0.676. The van der Waals surface area contributed by atoms with Crippen molar-refractivity contribution < 1.29 is 22.3 Å². The van der Waals surface area contributed by atoms with Gasteiger partial charge < -0.3 is 4.74 Å². The van der Waals surface area contributed by atoms with E-state index < -0.39 is 23.3 Å². The van der Waals surface area contributed by atoms with Crippen molar-refractivity contribution >= 4 is 10.8 Å². The van der Waals surface area contributed by atoms with Crippen molar-refractivity contribution in [2.24, 2.45) is 0 Å². The fourth-order valence-electron chi connectivity index (χ4n) is 3.62. The van der Waals surface area contributed by atoms with Gasteiger partial charge in [0.2, 0.25) is 0 Å². The van der Waals surface area contributed by atoms with E-state index in [1.807, 2.05) is 24.3 Å². The smallest absolute Gasteiger partial charge is 0.166 e. The number of hydrogen-bond donors (Lipinski definition) is 0. The van der Waals surface area contributed by atoms with Gasteiger partial charge in [-0.2, -0.15) is 0 Å². The molecule has 166 valence electrons. The van der Waals surface area contributed by atoms with Crippen molar-refractivity contribution in [1.29, 1.82) is 0 Å². The summed E-state index contributed by atoms with van der Waals surface area (Å²) in [7, 11) is 1.66. The number of benzene rings is 4. The Balaban J connectivity index is 1.58. The molecule has 4 aromatic rings. The van der Waals surface area contributed by atoms with Crippen molar-refractivity contribution in [3.63, 3.8) is 0 Å². The van der Waals surface area contributed by atoms with E-state index in [-0.39, 0.29) is 10.9 Å². The molecule has 0 saturated heterocycles. The average molecular weight is 448 g/mol. The molecule has 0 saturated carbocycles. The largest absolute Gasteiger partial charge is 0.385 e. The van der Waals surface area contributed by atoms with Crippen molar-refractivity contribution in [3.8, 4) is 23.0 Å². The van der Waals surface area contributed by atoms with Crippen LogP contribution in [0.5, 0.6) is 0 Å². The molecule has 0 aliphatic carbocycles. The predicted octanol–water partition coefficient (Wildman–Crippen LogP) is 7.04. The molecule has 0 radical (unpaired) electrons. The normalized spacial score (nSPS) is 10.8. The van der Waals surface area contributed by atoms with Crippen LogP contribution in [0, 0.1) is 35.1 Å². The minimum absolute atomic E-state index is 0.118. The monoisotopic (exact) mass is 448 g/mol. The van der Waals surface area contributed by atoms with E-state index in [0.29, 0.717) is 28.7 Å². The third-order valence-corrected chi connectivity index (χ3v) is 5.38. The maximum absolute atomic E-state index is 14.7. The summed E-state index contributed by atoms with van der Waals surface area (Å²) in [5, 5.41) is 0.564. The molecule has 4 aromatic carbocycles. The number of methoxy groups -OCH3 is 1. The first kappa shape index (κ1) is 22.6. The zero-order chi connectivity index (χ0) is 23.4. The molecule has 0 aliphatic rings. The van der Waals surface area contributed by atoms with Gasteiger partial charge >= 0.3 is 0 Å². The third-order valence-electron chi connectivity index (χ3n) is 5.38. The number of aryl methyl sites for hydroxylation is 1. The zero-order valence-corrected chi connectivity index (χ0v) is 17.9. The molecule has 0 atom stereocenters. The number of rotatable bonds is 5. The van der Waals surface area contributed by atoms with Crippen molar-refractivity contribution in [2.45, 2.75) is 12.8 Å². The average Bonchev–Trinajstić information content (AvgIpc) is 2.81. The molecule has 0 bridgehead atoms. The number of ether oxygens (including phenoxy) is 1. The summed E-state index contributed by atoms with van der Waals surface area (Å²) in [6, 6.07) is 16.9. The standard InChI is InChI=1S/C28H20F4O/c1-33-14-2-3-18-4-8-20(9-5-18)22-16-26(30)24(27(31)17-22)12-7-19-6-11-23-21(15-19)10-13-25(29)28(23)32/h4-6,8-11,13,15-17H,2-3,14H2,1H3. The molecule has 0 heterocycles. The maximum atomic E-state index is 14.7. The van der Waals surface area contributed by atoms with Crippen molar-refractivity contribution in [2.75, 3.05) is 13.7 Å². The van der Waals surface area contributed by atoms with E-state index in [1.165, 1.54) is 30.3 Å². The van der Waals surface area contributed by atoms with E-state index >= 15 is 0 Å². The second-order valence-electron chi connectivity index (χ2n) is 7.66. The van der Waals surface area contributed by atoms with Gasteiger partial charge in [-0.3, -0.25) is 0 Å². The molecule has 33 heavy (non-hydrogen) atoms. The topological polar surface area (TPSA) is 9.23 Å². The Kier molecular flexibility index (Phi) is 6.76. The van der Waals surface area contributed by atoms with Crippen molar-refractivity contribution in [3.05, 3.63) is 107 Å². The van der Waals surface area contributed by atoms with Crippen LogP contribution in [0.4, 0.5) is 17.6 Å². The summed E-state index contributed by atoms with van der Waals surface area (Å²) in [5.74, 6) is 1.81. The molecular formula is C28H20F4O. The summed E-state index contributed by atoms with van der Waals surface area (Å²) in [4.78, 5) is 0. The molecular weight excluding hydrogens is 428 g/mol. The second-order valence-corrected chi connectivity index (χ2v) is 7.66. The predicted molar refractivity (Wildman–Crippen MR) is 122 cm³/mol. The molecule has 0 aliphatic heterocycles. The van der Waals surface area contributed by atoms with E-state index in [9.17, 15) is 17.6 Å². The fraction of sp³-hybridized carbons (Fsp3) is 0.143. The lowest BCUT2D eigenvalue weighted by Crippen LogP contribution is -1.94. The Labute approximate surface area is 189 Å². The Morgan fingerprint density at radius 1 is 0.727 bits per heavy atom. The minimum atomic E-state index is -0.942. The third kappa shape index (κ3) is 5.08. The lowest BCUT2D eigenvalue weighted by Gasteiger charge is -2.07. The van der Waals surface area contributed by atoms with Gasteiger partial charge in [0, 0.05) is 24.7 Å². The van der Waals surface area contributed by atoms with Crippen LogP contribution < -0.4 is 0 Å². The number of hydrogen-bond acceptors (Lipinski definition) is 1. The first-order valence-electron chi connectivity index (χ1n) is 10.4. The Morgan fingerprint density at radius 2 is 1.45 bits per heavy atom. The molecule has 0 fully saturated rings. The molecule has 0 N–H and O–H groups in total. The highest BCUT2D eigenvalue weighted by Gasteiger charge is 2.11. The summed E-state index contributed by atoms with van der Waals surface area (Å²) in [6.07, 6.45) is 1.76. The van der Waals surface area contributed by atoms with Gasteiger partial charge in [0.05, 0.1) is 5.56 Å². The minimum Gasteiger partial charge on any atom is -0.385 e. The molecule has 0 spiro atoms. The molecule has 5 heteroatoms. The lowest BCUT2D eigenvalue weighted by atomic mass is 10.00. The van der Waals surface area contributed by atoms with E-state index in [1.54, 1.807) is 13.2 Å². The lowest BCUT2D eigenvalue weighted by molar-refractivity contribution is 0.195. The number of fused-ring (bicyclic) bond motifs is 1. The molecule has 4 rings (SSSR count). The quantitative estimate of drug-likeness (QED) is 0.181. The summed E-state index contributed by atoms with van der Waals surface area (Å²) < 4.78 is 61.6. The zero-order valence-electron chi connectivity index (χ0n) is 17.9. The molecule has 0 unspecified atom stereocenters. The highest BCUT2D eigenvalue weighted by Crippen LogP contribution is 2.25.